The molecule has 0 bridgehead atoms. The first-order valence-corrected chi connectivity index (χ1v) is 4.91. The molecule has 0 heterocycles. The van der Waals surface area contributed by atoms with Gasteiger partial charge in [0.2, 0.25) is 0 Å². The molecule has 0 atom stereocenters. The molecule has 1 nitrogen and oxygen atoms in total. The zero-order valence-electron chi connectivity index (χ0n) is 8.14. The molecular formula is C10H21N. The summed E-state index contributed by atoms with van der Waals surface area (Å²) in [7, 11) is 2.24. The fourth-order valence-corrected chi connectivity index (χ4v) is 2.13. The van der Waals surface area contributed by atoms with Gasteiger partial charge in [-0.1, -0.05) is 13.8 Å². The lowest BCUT2D eigenvalue weighted by molar-refractivity contribution is 0.151. The lowest BCUT2D eigenvalue weighted by Gasteiger charge is -2.35. The summed E-state index contributed by atoms with van der Waals surface area (Å²) in [6.07, 6.45) is 4.22. The molecule has 0 aromatic rings. The van der Waals surface area contributed by atoms with Gasteiger partial charge >= 0.3 is 0 Å². The predicted octanol–water partition coefficient (Wildman–Crippen LogP) is 2.37. The van der Waals surface area contributed by atoms with Crippen LogP contribution in [0.2, 0.25) is 0 Å². The summed E-state index contributed by atoms with van der Waals surface area (Å²) < 4.78 is 0. The van der Waals surface area contributed by atoms with Crippen LogP contribution in [0.1, 0.15) is 33.1 Å². The van der Waals surface area contributed by atoms with E-state index in [0.29, 0.717) is 0 Å². The number of hydrogen-bond acceptors (Lipinski definition) is 1. The van der Waals surface area contributed by atoms with Crippen molar-refractivity contribution in [1.29, 1.82) is 0 Å². The van der Waals surface area contributed by atoms with E-state index >= 15 is 0 Å². The Kier molecular flexibility index (Phi) is 3.38. The lowest BCUT2D eigenvalue weighted by atomic mass is 9.76. The molecule has 0 spiro atoms. The molecule has 1 fully saturated rings. The molecule has 1 aliphatic rings. The molecule has 1 saturated carbocycles. The van der Waals surface area contributed by atoms with Gasteiger partial charge in [0.25, 0.3) is 0 Å². The first-order chi connectivity index (χ1) is 5.22. The molecule has 0 amide bonds. The van der Waals surface area contributed by atoms with Crippen molar-refractivity contribution in [1.82, 2.24) is 4.90 Å². The maximum absolute atomic E-state index is 2.47. The zero-order chi connectivity index (χ0) is 8.27. The molecule has 11 heavy (non-hydrogen) atoms. The maximum atomic E-state index is 2.47. The van der Waals surface area contributed by atoms with Crippen LogP contribution in [-0.2, 0) is 0 Å². The van der Waals surface area contributed by atoms with E-state index in [2.05, 4.69) is 25.8 Å². The molecule has 0 aromatic carbocycles. The van der Waals surface area contributed by atoms with Crippen LogP contribution in [0.25, 0.3) is 0 Å². The van der Waals surface area contributed by atoms with Crippen LogP contribution in [0.4, 0.5) is 0 Å². The third-order valence-corrected chi connectivity index (χ3v) is 2.65. The summed E-state index contributed by atoms with van der Waals surface area (Å²) in [5.74, 6) is 2.02. The third kappa shape index (κ3) is 2.82. The highest BCUT2D eigenvalue weighted by molar-refractivity contribution is 4.78. The van der Waals surface area contributed by atoms with Crippen molar-refractivity contribution in [2.75, 3.05) is 20.1 Å². The average molecular weight is 155 g/mol. The van der Waals surface area contributed by atoms with Crippen LogP contribution in [0.5, 0.6) is 0 Å². The second-order valence-electron chi connectivity index (χ2n) is 4.20. The Morgan fingerprint density at radius 3 is 2.45 bits per heavy atom. The minimum absolute atomic E-state index is 1.01. The third-order valence-electron chi connectivity index (χ3n) is 2.65. The molecule has 0 saturated heterocycles. The van der Waals surface area contributed by atoms with Crippen LogP contribution in [0, 0.1) is 11.8 Å². The molecule has 0 N–H and O–H groups in total. The average Bonchev–Trinajstić information content (AvgIpc) is 1.85. The number of nitrogens with zero attached hydrogens (tertiary/aromatic N) is 1. The van der Waals surface area contributed by atoms with Crippen molar-refractivity contribution in [2.45, 2.75) is 33.1 Å². The van der Waals surface area contributed by atoms with E-state index in [1.165, 1.54) is 32.4 Å². The second-order valence-corrected chi connectivity index (χ2v) is 4.20. The quantitative estimate of drug-likeness (QED) is 0.602. The first kappa shape index (κ1) is 9.05. The van der Waals surface area contributed by atoms with Gasteiger partial charge in [-0.05, 0) is 44.7 Å². The highest BCUT2D eigenvalue weighted by Crippen LogP contribution is 2.33. The number of hydrogen-bond donors (Lipinski definition) is 0. The van der Waals surface area contributed by atoms with E-state index in [4.69, 9.17) is 0 Å². The van der Waals surface area contributed by atoms with Gasteiger partial charge in [0.05, 0.1) is 0 Å². The van der Waals surface area contributed by atoms with Gasteiger partial charge in [0, 0.05) is 6.54 Å². The van der Waals surface area contributed by atoms with Gasteiger partial charge in [0.15, 0.2) is 0 Å². The Morgan fingerprint density at radius 2 is 2.00 bits per heavy atom. The van der Waals surface area contributed by atoms with Crippen molar-refractivity contribution >= 4 is 0 Å². The topological polar surface area (TPSA) is 3.24 Å². The molecule has 66 valence electrons. The van der Waals surface area contributed by atoms with Gasteiger partial charge in [-0.25, -0.2) is 0 Å². The van der Waals surface area contributed by atoms with Crippen molar-refractivity contribution in [2.24, 2.45) is 11.8 Å². The van der Waals surface area contributed by atoms with Gasteiger partial charge < -0.3 is 4.90 Å². The highest BCUT2D eigenvalue weighted by Gasteiger charge is 2.25. The molecule has 0 radical (unpaired) electrons. The fraction of sp³-hybridized carbons (Fsp3) is 1.00. The fourth-order valence-electron chi connectivity index (χ4n) is 2.13. The summed E-state index contributed by atoms with van der Waals surface area (Å²) in [5, 5.41) is 0. The van der Waals surface area contributed by atoms with Crippen molar-refractivity contribution in [3.8, 4) is 0 Å². The van der Waals surface area contributed by atoms with E-state index in [1.807, 2.05) is 0 Å². The minimum atomic E-state index is 1.01. The molecule has 0 aromatic heterocycles. The van der Waals surface area contributed by atoms with E-state index < -0.39 is 0 Å². The largest absolute Gasteiger partial charge is 0.306 e. The lowest BCUT2D eigenvalue weighted by Crippen LogP contribution is -2.33. The van der Waals surface area contributed by atoms with Crippen molar-refractivity contribution in [3.63, 3.8) is 0 Å². The predicted molar refractivity (Wildman–Crippen MR) is 49.7 cm³/mol. The second kappa shape index (κ2) is 4.10. The van der Waals surface area contributed by atoms with Crippen LogP contribution in [-0.4, -0.2) is 25.0 Å². The maximum Gasteiger partial charge on any atom is 0.000680 e. The molecule has 0 aliphatic heterocycles. The smallest absolute Gasteiger partial charge is 0.000680 e. The Balaban J connectivity index is 2.02. The SMILES string of the molecule is CCCN(C)CC1CC(C)C1. The molecule has 1 heteroatoms. The Hall–Kier alpha value is -0.0400. The number of rotatable bonds is 4. The van der Waals surface area contributed by atoms with Crippen LogP contribution in [0.3, 0.4) is 0 Å². The van der Waals surface area contributed by atoms with E-state index in [9.17, 15) is 0 Å². The van der Waals surface area contributed by atoms with Crippen molar-refractivity contribution in [3.05, 3.63) is 0 Å². The summed E-state index contributed by atoms with van der Waals surface area (Å²) in [6.45, 7) is 7.21. The van der Waals surface area contributed by atoms with Crippen LogP contribution >= 0.6 is 0 Å². The van der Waals surface area contributed by atoms with E-state index in [0.717, 1.165) is 11.8 Å². The Morgan fingerprint density at radius 1 is 1.36 bits per heavy atom. The molecule has 1 aliphatic carbocycles. The molecular weight excluding hydrogens is 134 g/mol. The highest BCUT2D eigenvalue weighted by atomic mass is 15.1. The van der Waals surface area contributed by atoms with Gasteiger partial charge in [0.1, 0.15) is 0 Å². The zero-order valence-corrected chi connectivity index (χ0v) is 8.14. The summed E-state index contributed by atoms with van der Waals surface area (Å²) in [6, 6.07) is 0. The van der Waals surface area contributed by atoms with Crippen molar-refractivity contribution < 1.29 is 0 Å². The summed E-state index contributed by atoms with van der Waals surface area (Å²) >= 11 is 0. The molecule has 1 rings (SSSR count). The van der Waals surface area contributed by atoms with Gasteiger partial charge in [-0.3, -0.25) is 0 Å². The Bertz CT molecular complexity index is 103. The first-order valence-electron chi connectivity index (χ1n) is 4.91. The normalized spacial score (nSPS) is 30.5. The minimum Gasteiger partial charge on any atom is -0.306 e. The molecule has 0 unspecified atom stereocenters. The van der Waals surface area contributed by atoms with Crippen LogP contribution in [0.15, 0.2) is 0 Å². The summed E-state index contributed by atoms with van der Waals surface area (Å²) in [5.41, 5.74) is 0. The van der Waals surface area contributed by atoms with Gasteiger partial charge in [-0.2, -0.15) is 0 Å². The van der Waals surface area contributed by atoms with E-state index in [1.54, 1.807) is 0 Å². The van der Waals surface area contributed by atoms with Crippen LogP contribution < -0.4 is 0 Å². The van der Waals surface area contributed by atoms with Gasteiger partial charge in [-0.15, -0.1) is 0 Å². The monoisotopic (exact) mass is 155 g/mol. The standard InChI is InChI=1S/C10H21N/c1-4-5-11(3)8-10-6-9(2)7-10/h9-10H,4-8H2,1-3H3. The Labute approximate surface area is 70.8 Å². The summed E-state index contributed by atoms with van der Waals surface area (Å²) in [4.78, 5) is 2.47. The van der Waals surface area contributed by atoms with E-state index in [-0.39, 0.29) is 0 Å².